The largest absolute Gasteiger partial charge is 0.476 e. The lowest BCUT2D eigenvalue weighted by Gasteiger charge is -2.19. The van der Waals surface area contributed by atoms with Gasteiger partial charge in [0.2, 0.25) is 17.7 Å². The average Bonchev–Trinajstić information content (AvgIpc) is 3.37. The zero-order valence-corrected chi connectivity index (χ0v) is 23.1. The van der Waals surface area contributed by atoms with Crippen LogP contribution in [0.1, 0.15) is 29.5 Å². The van der Waals surface area contributed by atoms with Crippen molar-refractivity contribution in [1.29, 1.82) is 0 Å². The Balaban J connectivity index is 1.51. The fraction of sp³-hybridized carbons (Fsp3) is 0.258. The Hall–Kier alpha value is -4.55. The van der Waals surface area contributed by atoms with Gasteiger partial charge in [0, 0.05) is 30.9 Å². The number of fused-ring (bicyclic) bond motifs is 1. The van der Waals surface area contributed by atoms with Crippen LogP contribution < -0.4 is 15.4 Å². The van der Waals surface area contributed by atoms with E-state index in [0.717, 1.165) is 0 Å². The number of nitrogens with zero attached hydrogens (tertiary/aromatic N) is 2. The molecule has 43 heavy (non-hydrogen) atoms. The maximum Gasteiger partial charge on any atom is 0.393 e. The molecule has 0 atom stereocenters. The molecule has 0 bridgehead atoms. The van der Waals surface area contributed by atoms with Gasteiger partial charge in [0.15, 0.2) is 0 Å². The minimum atomic E-state index is -4.51. The van der Waals surface area contributed by atoms with Gasteiger partial charge in [-0.25, -0.2) is 4.98 Å². The molecule has 4 N–H and O–H groups in total. The third kappa shape index (κ3) is 9.22. The summed E-state index contributed by atoms with van der Waals surface area (Å²) in [4.78, 5) is 15.8. The molecule has 0 saturated heterocycles. The van der Waals surface area contributed by atoms with Crippen molar-refractivity contribution in [3.05, 3.63) is 102 Å². The Morgan fingerprint density at radius 2 is 1.79 bits per heavy atom. The van der Waals surface area contributed by atoms with Gasteiger partial charge in [-0.15, -0.1) is 0 Å². The Labute approximate surface area is 245 Å². The van der Waals surface area contributed by atoms with Crippen molar-refractivity contribution in [1.82, 2.24) is 25.8 Å². The smallest absolute Gasteiger partial charge is 0.393 e. The summed E-state index contributed by atoms with van der Waals surface area (Å²) >= 11 is 0. The first kappa shape index (κ1) is 31.4. The number of benzene rings is 2. The lowest BCUT2D eigenvalue weighted by molar-refractivity contribution is -0.123. The molecule has 0 radical (unpaired) electrons. The van der Waals surface area contributed by atoms with E-state index in [1.807, 2.05) is 0 Å². The predicted molar refractivity (Wildman–Crippen MR) is 156 cm³/mol. The second kappa shape index (κ2) is 15.1. The van der Waals surface area contributed by atoms with Crippen LogP contribution in [0.2, 0.25) is 0 Å². The van der Waals surface area contributed by atoms with Crippen LogP contribution in [0.3, 0.4) is 0 Å². The molecular formula is C31H31F4N5O3. The van der Waals surface area contributed by atoms with Crippen LogP contribution in [0, 0.1) is 5.95 Å². The first-order valence-electron chi connectivity index (χ1n) is 13.6. The Morgan fingerprint density at radius 1 is 1.00 bits per heavy atom. The fourth-order valence-corrected chi connectivity index (χ4v) is 4.40. The predicted octanol–water partition coefficient (Wildman–Crippen LogP) is 5.03. The molecule has 4 rings (SSSR count). The zero-order valence-electron chi connectivity index (χ0n) is 23.1. The van der Waals surface area contributed by atoms with Crippen LogP contribution in [0.15, 0.2) is 79.0 Å². The molecule has 1 amide bonds. The molecule has 0 fully saturated rings. The molecular weight excluding hydrogens is 566 g/mol. The van der Waals surface area contributed by atoms with Gasteiger partial charge in [-0.2, -0.15) is 22.7 Å². The number of pyridine rings is 1. The second-order valence-corrected chi connectivity index (χ2v) is 9.47. The number of halogens is 4. The molecule has 226 valence electrons. The van der Waals surface area contributed by atoms with E-state index in [-0.39, 0.29) is 42.2 Å². The highest BCUT2D eigenvalue weighted by atomic mass is 19.4. The van der Waals surface area contributed by atoms with Crippen LogP contribution in [0.25, 0.3) is 22.0 Å². The lowest BCUT2D eigenvalue weighted by Crippen LogP contribution is -2.24. The maximum absolute atomic E-state index is 14.4. The monoisotopic (exact) mass is 597 g/mol. The number of amides is 1. The molecule has 2 aromatic carbocycles. The zero-order chi connectivity index (χ0) is 30.7. The molecule has 0 aliphatic rings. The Morgan fingerprint density at radius 3 is 2.51 bits per heavy atom. The average molecular weight is 598 g/mol. The van der Waals surface area contributed by atoms with E-state index in [1.54, 1.807) is 60.7 Å². The number of hydrogen-bond acceptors (Lipinski definition) is 6. The molecule has 2 heterocycles. The topological polar surface area (TPSA) is 112 Å². The number of H-pyrrole nitrogens is 1. The van der Waals surface area contributed by atoms with Crippen LogP contribution in [0.4, 0.5) is 17.6 Å². The number of ether oxygens (including phenoxy) is 1. The van der Waals surface area contributed by atoms with Crippen molar-refractivity contribution in [2.24, 2.45) is 0 Å². The highest BCUT2D eigenvalue weighted by Gasteiger charge is 2.31. The van der Waals surface area contributed by atoms with E-state index < -0.39 is 18.5 Å². The SMILES string of the molecule is O=C(/C=C/CCNCCOc1ccc(/C(=C(\CC(F)(F)F)c2ccccc2)c2ccc3n[nH]c(F)c3c2)cn1)NCCO. The maximum atomic E-state index is 14.4. The number of carbonyl (C=O) groups excluding carboxylic acids is 1. The van der Waals surface area contributed by atoms with E-state index in [2.05, 4.69) is 25.8 Å². The van der Waals surface area contributed by atoms with Crippen LogP contribution >= 0.6 is 0 Å². The van der Waals surface area contributed by atoms with E-state index in [0.29, 0.717) is 47.6 Å². The molecule has 0 aliphatic carbocycles. The van der Waals surface area contributed by atoms with E-state index >= 15 is 0 Å². The number of nitrogens with one attached hydrogen (secondary N) is 3. The third-order valence-electron chi connectivity index (χ3n) is 6.32. The van der Waals surface area contributed by atoms with Crippen LogP contribution in [-0.2, 0) is 4.79 Å². The normalized spacial score (nSPS) is 12.5. The Kier molecular flexibility index (Phi) is 11.0. The van der Waals surface area contributed by atoms with Crippen molar-refractivity contribution in [3.8, 4) is 5.88 Å². The molecule has 0 aliphatic heterocycles. The van der Waals surface area contributed by atoms with Crippen molar-refractivity contribution >= 4 is 28.0 Å². The van der Waals surface area contributed by atoms with Gasteiger partial charge in [0.25, 0.3) is 0 Å². The van der Waals surface area contributed by atoms with Crippen molar-refractivity contribution in [3.63, 3.8) is 0 Å². The second-order valence-electron chi connectivity index (χ2n) is 9.47. The quantitative estimate of drug-likeness (QED) is 0.0702. The summed E-state index contributed by atoms with van der Waals surface area (Å²) in [6.07, 6.45) is -0.528. The van der Waals surface area contributed by atoms with Gasteiger partial charge >= 0.3 is 6.18 Å². The third-order valence-corrected chi connectivity index (χ3v) is 6.32. The van der Waals surface area contributed by atoms with Gasteiger partial charge < -0.3 is 20.5 Å². The molecule has 0 saturated carbocycles. The number of aliphatic hydroxyl groups excluding tert-OH is 1. The molecule has 8 nitrogen and oxygen atoms in total. The number of aliphatic hydroxyl groups is 1. The number of rotatable bonds is 14. The van der Waals surface area contributed by atoms with Gasteiger partial charge in [-0.1, -0.05) is 42.5 Å². The number of aromatic nitrogens is 3. The summed E-state index contributed by atoms with van der Waals surface area (Å²) in [5.41, 5.74) is 1.82. The minimum absolute atomic E-state index is 0.0240. The van der Waals surface area contributed by atoms with Crippen molar-refractivity contribution < 1.29 is 32.2 Å². The lowest BCUT2D eigenvalue weighted by atomic mass is 9.88. The highest BCUT2D eigenvalue weighted by Crippen LogP contribution is 2.40. The van der Waals surface area contributed by atoms with Crippen LogP contribution in [-0.4, -0.2) is 65.2 Å². The molecule has 2 aromatic heterocycles. The van der Waals surface area contributed by atoms with Crippen molar-refractivity contribution in [2.75, 3.05) is 32.8 Å². The molecule has 0 unspecified atom stereocenters. The van der Waals surface area contributed by atoms with Gasteiger partial charge in [0.05, 0.1) is 23.9 Å². The number of carbonyl (C=O) groups is 1. The molecule has 4 aromatic rings. The fourth-order valence-electron chi connectivity index (χ4n) is 4.40. The summed E-state index contributed by atoms with van der Waals surface area (Å²) < 4.78 is 61.7. The first-order valence-corrected chi connectivity index (χ1v) is 13.6. The van der Waals surface area contributed by atoms with Crippen LogP contribution in [0.5, 0.6) is 5.88 Å². The number of aromatic amines is 1. The molecule has 0 spiro atoms. The summed E-state index contributed by atoms with van der Waals surface area (Å²) in [6.45, 7) is 1.48. The van der Waals surface area contributed by atoms with Crippen molar-refractivity contribution in [2.45, 2.75) is 19.0 Å². The minimum Gasteiger partial charge on any atom is -0.476 e. The van der Waals surface area contributed by atoms with Gasteiger partial charge in [-0.3, -0.25) is 9.89 Å². The number of hydrogen-bond donors (Lipinski definition) is 4. The summed E-state index contributed by atoms with van der Waals surface area (Å²) in [6, 6.07) is 16.1. The van der Waals surface area contributed by atoms with E-state index in [1.165, 1.54) is 18.3 Å². The standard InChI is InChI=1S/C31H31F4N5O3/c32-30-24-18-22(9-11-26(24)39-40-30)29(25(19-31(33,34)35)21-6-2-1-3-7-21)23-10-12-28(38-20-23)43-17-15-36-13-5-4-8-27(42)37-14-16-41/h1-4,6-12,18,20,36,41H,5,13-17,19H2,(H,37,42)(H,39,40)/b8-4+,29-25+. The summed E-state index contributed by atoms with van der Waals surface area (Å²) in [5.74, 6) is -0.657. The number of allylic oxidation sites excluding steroid dienone is 1. The Bertz CT molecular complexity index is 1550. The number of alkyl halides is 3. The summed E-state index contributed by atoms with van der Waals surface area (Å²) in [7, 11) is 0. The first-order chi connectivity index (χ1) is 20.7. The summed E-state index contributed by atoms with van der Waals surface area (Å²) in [5, 5.41) is 20.7. The van der Waals surface area contributed by atoms with Gasteiger partial charge in [0.1, 0.15) is 6.61 Å². The van der Waals surface area contributed by atoms with E-state index in [9.17, 15) is 22.4 Å². The van der Waals surface area contributed by atoms with E-state index in [4.69, 9.17) is 9.84 Å². The van der Waals surface area contributed by atoms with Gasteiger partial charge in [-0.05, 0) is 59.5 Å². The molecule has 12 heteroatoms. The highest BCUT2D eigenvalue weighted by molar-refractivity contribution is 6.00.